The highest BCUT2D eigenvalue weighted by Gasteiger charge is 2.28. The van der Waals surface area contributed by atoms with E-state index >= 15 is 0 Å². The number of hydrogen-bond acceptors (Lipinski definition) is 1. The molecule has 2 heterocycles. The van der Waals surface area contributed by atoms with Gasteiger partial charge >= 0.3 is 0 Å². The van der Waals surface area contributed by atoms with E-state index in [-0.39, 0.29) is 0 Å². The van der Waals surface area contributed by atoms with Crippen LogP contribution in [0.5, 0.6) is 0 Å². The van der Waals surface area contributed by atoms with Crippen LogP contribution in [0.15, 0.2) is 24.3 Å². The number of rotatable bonds is 2. The summed E-state index contributed by atoms with van der Waals surface area (Å²) in [7, 11) is 0. The van der Waals surface area contributed by atoms with Gasteiger partial charge < -0.3 is 4.90 Å². The van der Waals surface area contributed by atoms with Crippen molar-refractivity contribution in [3.63, 3.8) is 0 Å². The first-order valence-electron chi connectivity index (χ1n) is 10.0. The van der Waals surface area contributed by atoms with Gasteiger partial charge in [-0.05, 0) is 89.6 Å². The number of fused-ring (bicyclic) bond motifs is 5. The molecule has 0 radical (unpaired) electrons. The van der Waals surface area contributed by atoms with E-state index in [1.807, 2.05) is 0 Å². The van der Waals surface area contributed by atoms with E-state index in [9.17, 15) is 0 Å². The standard InChI is InChI=1S/C24H27N/c1-3-16-8-9-19-14-24-22-13-18-7-5-6-17(18)12-20(22)10-11-25(24)15-23(19)21(16)4-2/h8-9,12-14H,3-7,10-11,15H2,1-2H3. The van der Waals surface area contributed by atoms with Gasteiger partial charge in [0.25, 0.3) is 0 Å². The summed E-state index contributed by atoms with van der Waals surface area (Å²) < 4.78 is 0. The maximum atomic E-state index is 2.63. The van der Waals surface area contributed by atoms with Gasteiger partial charge in [-0.15, -0.1) is 0 Å². The van der Waals surface area contributed by atoms with Crippen LogP contribution in [0, 0.1) is 0 Å². The third-order valence-electron chi connectivity index (χ3n) is 6.53. The Hall–Kier alpha value is -2.02. The SMILES string of the molecule is CCc1ccc2c(c1CC)CN1CCc3cc4c(cc3C1=C2)CCC4. The predicted molar refractivity (Wildman–Crippen MR) is 106 cm³/mol. The van der Waals surface area contributed by atoms with E-state index in [2.05, 4.69) is 49.1 Å². The molecule has 0 fully saturated rings. The van der Waals surface area contributed by atoms with Gasteiger partial charge in [0.05, 0.1) is 0 Å². The lowest BCUT2D eigenvalue weighted by molar-refractivity contribution is 0.380. The molecule has 1 aliphatic carbocycles. The van der Waals surface area contributed by atoms with Crippen molar-refractivity contribution in [2.45, 2.75) is 58.9 Å². The molecule has 0 bridgehead atoms. The van der Waals surface area contributed by atoms with Crippen molar-refractivity contribution in [2.75, 3.05) is 6.54 Å². The number of nitrogens with zero attached hydrogens (tertiary/aromatic N) is 1. The molecule has 0 saturated carbocycles. The van der Waals surface area contributed by atoms with Crippen molar-refractivity contribution in [1.29, 1.82) is 0 Å². The van der Waals surface area contributed by atoms with Gasteiger partial charge in [0.2, 0.25) is 0 Å². The van der Waals surface area contributed by atoms with E-state index < -0.39 is 0 Å². The first-order chi connectivity index (χ1) is 12.3. The van der Waals surface area contributed by atoms with E-state index in [1.54, 1.807) is 27.8 Å². The number of hydrogen-bond donors (Lipinski definition) is 0. The average Bonchev–Trinajstić information content (AvgIpc) is 3.11. The molecule has 1 nitrogen and oxygen atoms in total. The Balaban J connectivity index is 1.66. The van der Waals surface area contributed by atoms with Crippen LogP contribution in [0.2, 0.25) is 0 Å². The van der Waals surface area contributed by atoms with Gasteiger partial charge in [-0.2, -0.15) is 0 Å². The molecule has 5 rings (SSSR count). The first-order valence-corrected chi connectivity index (χ1v) is 10.0. The lowest BCUT2D eigenvalue weighted by Crippen LogP contribution is -2.32. The maximum absolute atomic E-state index is 2.63. The number of aryl methyl sites for hydroxylation is 3. The lowest BCUT2D eigenvalue weighted by Gasteiger charge is -2.38. The molecule has 2 aromatic rings. The Morgan fingerprint density at radius 1 is 0.920 bits per heavy atom. The van der Waals surface area contributed by atoms with Gasteiger partial charge in [0, 0.05) is 24.4 Å². The van der Waals surface area contributed by atoms with Gasteiger partial charge in [0.15, 0.2) is 0 Å². The van der Waals surface area contributed by atoms with Gasteiger partial charge in [-0.3, -0.25) is 0 Å². The van der Waals surface area contributed by atoms with Crippen molar-refractivity contribution in [1.82, 2.24) is 4.90 Å². The third kappa shape index (κ3) is 2.28. The van der Waals surface area contributed by atoms with Crippen molar-refractivity contribution in [3.05, 3.63) is 68.8 Å². The summed E-state index contributed by atoms with van der Waals surface area (Å²) in [6.45, 7) is 6.84. The lowest BCUT2D eigenvalue weighted by atomic mass is 9.85. The molecule has 25 heavy (non-hydrogen) atoms. The minimum atomic E-state index is 1.09. The average molecular weight is 329 g/mol. The molecular formula is C24H27N. The minimum absolute atomic E-state index is 1.09. The molecule has 0 atom stereocenters. The molecular weight excluding hydrogens is 302 g/mol. The van der Waals surface area contributed by atoms with Crippen LogP contribution in [0.3, 0.4) is 0 Å². The van der Waals surface area contributed by atoms with Crippen molar-refractivity contribution in [3.8, 4) is 0 Å². The Kier molecular flexibility index (Phi) is 3.51. The molecule has 128 valence electrons. The monoisotopic (exact) mass is 329 g/mol. The zero-order chi connectivity index (χ0) is 17.0. The normalized spacial score (nSPS) is 17.5. The van der Waals surface area contributed by atoms with Crippen LogP contribution >= 0.6 is 0 Å². The Morgan fingerprint density at radius 3 is 2.56 bits per heavy atom. The smallest absolute Gasteiger partial charge is 0.0451 e. The van der Waals surface area contributed by atoms with Crippen molar-refractivity contribution < 1.29 is 0 Å². The maximum Gasteiger partial charge on any atom is 0.0451 e. The largest absolute Gasteiger partial charge is 0.366 e. The van der Waals surface area contributed by atoms with Crippen LogP contribution in [-0.4, -0.2) is 11.4 Å². The number of benzene rings is 2. The fourth-order valence-corrected chi connectivity index (χ4v) is 5.19. The van der Waals surface area contributed by atoms with E-state index in [1.165, 1.54) is 48.1 Å². The summed E-state index contributed by atoms with van der Waals surface area (Å²) in [5.41, 5.74) is 13.9. The second kappa shape index (κ2) is 5.76. The van der Waals surface area contributed by atoms with Gasteiger partial charge in [0.1, 0.15) is 0 Å². The summed E-state index contributed by atoms with van der Waals surface area (Å²) in [5, 5.41) is 0. The van der Waals surface area contributed by atoms with Crippen LogP contribution < -0.4 is 0 Å². The van der Waals surface area contributed by atoms with Crippen LogP contribution in [0.25, 0.3) is 11.8 Å². The zero-order valence-corrected chi connectivity index (χ0v) is 15.5. The third-order valence-corrected chi connectivity index (χ3v) is 6.53. The zero-order valence-electron chi connectivity index (χ0n) is 15.5. The molecule has 2 aromatic carbocycles. The highest BCUT2D eigenvalue weighted by atomic mass is 15.1. The Morgan fingerprint density at radius 2 is 1.76 bits per heavy atom. The highest BCUT2D eigenvalue weighted by molar-refractivity contribution is 5.86. The van der Waals surface area contributed by atoms with Crippen molar-refractivity contribution in [2.24, 2.45) is 0 Å². The molecule has 0 amide bonds. The molecule has 0 saturated heterocycles. The van der Waals surface area contributed by atoms with Gasteiger partial charge in [-0.25, -0.2) is 0 Å². The second-order valence-electron chi connectivity index (χ2n) is 7.81. The summed E-state index contributed by atoms with van der Waals surface area (Å²) >= 11 is 0. The first kappa shape index (κ1) is 15.3. The minimum Gasteiger partial charge on any atom is -0.366 e. The Bertz CT molecular complexity index is 887. The van der Waals surface area contributed by atoms with Gasteiger partial charge in [-0.1, -0.05) is 32.0 Å². The Labute approximate surface area is 151 Å². The molecule has 2 aliphatic heterocycles. The molecule has 1 heteroatoms. The van der Waals surface area contributed by atoms with Crippen molar-refractivity contribution >= 4 is 11.8 Å². The predicted octanol–water partition coefficient (Wildman–Crippen LogP) is 5.17. The molecule has 0 unspecified atom stereocenters. The summed E-state index contributed by atoms with van der Waals surface area (Å²) in [6.07, 6.45) is 9.85. The summed E-state index contributed by atoms with van der Waals surface area (Å²) in [4.78, 5) is 2.63. The van der Waals surface area contributed by atoms with Crippen LogP contribution in [0.1, 0.15) is 64.8 Å². The van der Waals surface area contributed by atoms with E-state index in [0.717, 1.165) is 25.9 Å². The van der Waals surface area contributed by atoms with E-state index in [0.29, 0.717) is 0 Å². The quantitative estimate of drug-likeness (QED) is 0.734. The topological polar surface area (TPSA) is 3.24 Å². The fourth-order valence-electron chi connectivity index (χ4n) is 5.19. The molecule has 0 aromatic heterocycles. The molecule has 3 aliphatic rings. The summed E-state index contributed by atoms with van der Waals surface area (Å²) in [6, 6.07) is 9.75. The van der Waals surface area contributed by atoms with Crippen LogP contribution in [0.4, 0.5) is 0 Å². The molecule has 0 spiro atoms. The second-order valence-corrected chi connectivity index (χ2v) is 7.81. The van der Waals surface area contributed by atoms with Crippen LogP contribution in [-0.2, 0) is 38.6 Å². The molecule has 0 N–H and O–H groups in total. The fraction of sp³-hybridized carbons (Fsp3) is 0.417. The highest BCUT2D eigenvalue weighted by Crippen LogP contribution is 2.40. The van der Waals surface area contributed by atoms with E-state index in [4.69, 9.17) is 0 Å². The summed E-state index contributed by atoms with van der Waals surface area (Å²) in [5.74, 6) is 0.